The molecule has 0 radical (unpaired) electrons. The summed E-state index contributed by atoms with van der Waals surface area (Å²) in [7, 11) is 0. The Hall–Kier alpha value is -3.66. The molecule has 0 aliphatic rings. The Kier molecular flexibility index (Phi) is 6.50. The number of aryl methyl sites for hydroxylation is 2. The molecule has 164 valence electrons. The number of hydrogen-bond donors (Lipinski definition) is 2. The fourth-order valence-corrected chi connectivity index (χ4v) is 4.02. The molecule has 4 heteroatoms. The van der Waals surface area contributed by atoms with Gasteiger partial charge in [0.25, 0.3) is 0 Å². The second kappa shape index (κ2) is 9.65. The van der Waals surface area contributed by atoms with Gasteiger partial charge in [-0.2, -0.15) is 0 Å². The molecule has 0 aromatic heterocycles. The Labute approximate surface area is 189 Å². The lowest BCUT2D eigenvalue weighted by atomic mass is 9.94. The molecule has 4 nitrogen and oxygen atoms in total. The van der Waals surface area contributed by atoms with Gasteiger partial charge in [0, 0.05) is 5.56 Å². The van der Waals surface area contributed by atoms with Gasteiger partial charge in [-0.15, -0.1) is 0 Å². The fraction of sp³-hybridized carbons (Fsp3) is 0.214. The van der Waals surface area contributed by atoms with Crippen LogP contribution in [-0.2, 0) is 12.8 Å². The number of para-hydroxylation sites is 4. The third-order valence-corrected chi connectivity index (χ3v) is 5.54. The van der Waals surface area contributed by atoms with E-state index < -0.39 is 0 Å². The first-order valence-corrected chi connectivity index (χ1v) is 11.2. The average Bonchev–Trinajstić information content (AvgIpc) is 2.79. The molecule has 4 aromatic rings. The minimum atomic E-state index is 0.614. The zero-order valence-corrected chi connectivity index (χ0v) is 18.7. The number of fused-ring (bicyclic) bond motifs is 1. The van der Waals surface area contributed by atoms with Crippen molar-refractivity contribution in [2.24, 2.45) is 0 Å². The van der Waals surface area contributed by atoms with Crippen molar-refractivity contribution in [3.63, 3.8) is 0 Å². The van der Waals surface area contributed by atoms with Crippen molar-refractivity contribution >= 4 is 22.1 Å². The van der Waals surface area contributed by atoms with Crippen molar-refractivity contribution in [3.8, 4) is 23.0 Å². The molecule has 0 saturated heterocycles. The summed E-state index contributed by atoms with van der Waals surface area (Å²) in [6.07, 6.45) is 3.87. The van der Waals surface area contributed by atoms with Crippen LogP contribution in [0.4, 0.5) is 11.4 Å². The van der Waals surface area contributed by atoms with Gasteiger partial charge in [-0.25, -0.2) is 0 Å². The van der Waals surface area contributed by atoms with E-state index in [1.165, 1.54) is 16.5 Å². The van der Waals surface area contributed by atoms with Gasteiger partial charge < -0.3 is 20.9 Å². The van der Waals surface area contributed by atoms with Crippen LogP contribution in [0.3, 0.4) is 0 Å². The summed E-state index contributed by atoms with van der Waals surface area (Å²) >= 11 is 0. The first-order chi connectivity index (χ1) is 15.6. The number of anilines is 2. The monoisotopic (exact) mass is 426 g/mol. The summed E-state index contributed by atoms with van der Waals surface area (Å²) in [5.41, 5.74) is 15.9. The number of benzene rings is 4. The van der Waals surface area contributed by atoms with Crippen LogP contribution in [0.2, 0.25) is 0 Å². The molecule has 0 amide bonds. The van der Waals surface area contributed by atoms with E-state index in [0.29, 0.717) is 22.9 Å². The first-order valence-electron chi connectivity index (χ1n) is 11.2. The summed E-state index contributed by atoms with van der Waals surface area (Å²) in [5, 5.41) is 2.31. The zero-order chi connectivity index (χ0) is 22.5. The highest BCUT2D eigenvalue weighted by atomic mass is 16.5. The van der Waals surface area contributed by atoms with Crippen LogP contribution in [0.25, 0.3) is 10.8 Å². The van der Waals surface area contributed by atoms with Crippen LogP contribution in [0, 0.1) is 0 Å². The number of nitrogen functional groups attached to an aromatic ring is 2. The Bertz CT molecular complexity index is 1230. The SMILES string of the molecule is CCCc1cc2ccc(Oc3ccccc3N)cc2c(CCC)c1Oc1ccccc1N. The van der Waals surface area contributed by atoms with Gasteiger partial charge in [-0.3, -0.25) is 0 Å². The van der Waals surface area contributed by atoms with Crippen LogP contribution in [-0.4, -0.2) is 0 Å². The summed E-state index contributed by atoms with van der Waals surface area (Å²) in [6, 6.07) is 23.6. The molecule has 0 bridgehead atoms. The van der Waals surface area contributed by atoms with Gasteiger partial charge in [-0.1, -0.05) is 57.0 Å². The molecular formula is C28H30N2O2. The van der Waals surface area contributed by atoms with E-state index in [1.807, 2.05) is 54.6 Å². The third kappa shape index (κ3) is 4.50. The molecule has 0 aliphatic heterocycles. The molecule has 4 aromatic carbocycles. The highest BCUT2D eigenvalue weighted by molar-refractivity contribution is 5.90. The standard InChI is InChI=1S/C28H30N2O2/c1-3-9-20-17-19-15-16-21(31-26-13-7-5-11-24(26)29)18-23(19)22(10-4-2)28(20)32-27-14-8-6-12-25(27)30/h5-8,11-18H,3-4,9-10,29-30H2,1-2H3. The zero-order valence-electron chi connectivity index (χ0n) is 18.7. The third-order valence-electron chi connectivity index (χ3n) is 5.54. The number of ether oxygens (including phenoxy) is 2. The van der Waals surface area contributed by atoms with Crippen LogP contribution >= 0.6 is 0 Å². The highest BCUT2D eigenvalue weighted by Crippen LogP contribution is 2.40. The molecule has 0 heterocycles. The quantitative estimate of drug-likeness (QED) is 0.286. The summed E-state index contributed by atoms with van der Waals surface area (Å²) < 4.78 is 12.6. The Morgan fingerprint density at radius 2 is 1.31 bits per heavy atom. The van der Waals surface area contributed by atoms with E-state index in [9.17, 15) is 0 Å². The van der Waals surface area contributed by atoms with E-state index in [4.69, 9.17) is 20.9 Å². The second-order valence-electron chi connectivity index (χ2n) is 8.01. The minimum Gasteiger partial charge on any atom is -0.455 e. The Balaban J connectivity index is 1.85. The Morgan fingerprint density at radius 3 is 1.94 bits per heavy atom. The lowest BCUT2D eigenvalue weighted by Gasteiger charge is -2.20. The van der Waals surface area contributed by atoms with Gasteiger partial charge in [-0.05, 0) is 71.6 Å². The fourth-order valence-electron chi connectivity index (χ4n) is 4.02. The maximum atomic E-state index is 6.48. The second-order valence-corrected chi connectivity index (χ2v) is 8.01. The van der Waals surface area contributed by atoms with E-state index in [1.54, 1.807) is 0 Å². The summed E-state index contributed by atoms with van der Waals surface area (Å²) in [4.78, 5) is 0. The average molecular weight is 427 g/mol. The lowest BCUT2D eigenvalue weighted by Crippen LogP contribution is -2.01. The van der Waals surface area contributed by atoms with E-state index in [2.05, 4.69) is 32.0 Å². The first kappa shape index (κ1) is 21.6. The molecule has 0 unspecified atom stereocenters. The lowest BCUT2D eigenvalue weighted by molar-refractivity contribution is 0.472. The van der Waals surface area contributed by atoms with Crippen molar-refractivity contribution in [1.82, 2.24) is 0 Å². The molecule has 0 spiro atoms. The predicted molar refractivity (Wildman–Crippen MR) is 134 cm³/mol. The molecule has 4 rings (SSSR count). The smallest absolute Gasteiger partial charge is 0.150 e. The van der Waals surface area contributed by atoms with Gasteiger partial charge in [0.2, 0.25) is 0 Å². The molecule has 0 saturated carbocycles. The van der Waals surface area contributed by atoms with E-state index in [-0.39, 0.29) is 0 Å². The Morgan fingerprint density at radius 1 is 0.688 bits per heavy atom. The van der Waals surface area contributed by atoms with Gasteiger partial charge in [0.15, 0.2) is 0 Å². The molecule has 0 aliphatic carbocycles. The maximum absolute atomic E-state index is 6.48. The van der Waals surface area contributed by atoms with Crippen molar-refractivity contribution in [1.29, 1.82) is 0 Å². The molecule has 32 heavy (non-hydrogen) atoms. The van der Waals surface area contributed by atoms with Crippen LogP contribution in [0.15, 0.2) is 72.8 Å². The van der Waals surface area contributed by atoms with Crippen LogP contribution < -0.4 is 20.9 Å². The van der Waals surface area contributed by atoms with E-state index in [0.717, 1.165) is 42.6 Å². The number of hydrogen-bond acceptors (Lipinski definition) is 4. The molecule has 0 atom stereocenters. The van der Waals surface area contributed by atoms with Crippen molar-refractivity contribution in [2.75, 3.05) is 11.5 Å². The summed E-state index contributed by atoms with van der Waals surface area (Å²) in [6.45, 7) is 4.37. The van der Waals surface area contributed by atoms with Gasteiger partial charge in [0.1, 0.15) is 23.0 Å². The van der Waals surface area contributed by atoms with E-state index >= 15 is 0 Å². The minimum absolute atomic E-state index is 0.614. The molecule has 0 fully saturated rings. The van der Waals surface area contributed by atoms with Crippen LogP contribution in [0.1, 0.15) is 37.8 Å². The van der Waals surface area contributed by atoms with Crippen molar-refractivity contribution < 1.29 is 9.47 Å². The highest BCUT2D eigenvalue weighted by Gasteiger charge is 2.17. The number of nitrogens with two attached hydrogens (primary N) is 2. The predicted octanol–water partition coefficient (Wildman–Crippen LogP) is 7.49. The maximum Gasteiger partial charge on any atom is 0.150 e. The molecule has 4 N–H and O–H groups in total. The van der Waals surface area contributed by atoms with Gasteiger partial charge >= 0.3 is 0 Å². The largest absolute Gasteiger partial charge is 0.455 e. The van der Waals surface area contributed by atoms with Gasteiger partial charge in [0.05, 0.1) is 11.4 Å². The normalized spacial score (nSPS) is 10.9. The number of rotatable bonds is 8. The summed E-state index contributed by atoms with van der Waals surface area (Å²) in [5.74, 6) is 3.00. The van der Waals surface area contributed by atoms with Crippen molar-refractivity contribution in [3.05, 3.63) is 83.9 Å². The van der Waals surface area contributed by atoms with Crippen molar-refractivity contribution in [2.45, 2.75) is 39.5 Å². The topological polar surface area (TPSA) is 70.5 Å². The van der Waals surface area contributed by atoms with Crippen LogP contribution in [0.5, 0.6) is 23.0 Å². The molecular weight excluding hydrogens is 396 g/mol.